The van der Waals surface area contributed by atoms with Gasteiger partial charge in [-0.1, -0.05) is 47.3 Å². The lowest BCUT2D eigenvalue weighted by atomic mass is 9.89. The average molecular weight is 508 g/mol. The number of aromatic nitrogens is 1. The summed E-state index contributed by atoms with van der Waals surface area (Å²) in [6, 6.07) is 16.0. The quantitative estimate of drug-likeness (QED) is 0.349. The van der Waals surface area contributed by atoms with Crippen LogP contribution in [-0.2, 0) is 11.3 Å². The molecule has 1 saturated carbocycles. The first-order valence-electron chi connectivity index (χ1n) is 11.5. The van der Waals surface area contributed by atoms with Gasteiger partial charge in [-0.05, 0) is 66.8 Å². The molecule has 1 aromatic heterocycles. The molecule has 172 valence electrons. The molecule has 4 rings (SSSR count). The molecular weight excluding hydrogens is 478 g/mol. The first kappa shape index (κ1) is 23.3. The summed E-state index contributed by atoms with van der Waals surface area (Å²) >= 11 is 3.53. The van der Waals surface area contributed by atoms with Crippen molar-refractivity contribution in [2.24, 2.45) is 5.92 Å². The molecule has 0 aliphatic heterocycles. The lowest BCUT2D eigenvalue weighted by Gasteiger charge is -2.21. The van der Waals surface area contributed by atoms with Gasteiger partial charge in [-0.2, -0.15) is 0 Å². The maximum Gasteiger partial charge on any atom is 0.244 e. The molecule has 33 heavy (non-hydrogen) atoms. The Bertz CT molecular complexity index is 1120. The molecule has 3 aromatic rings. The van der Waals surface area contributed by atoms with Gasteiger partial charge in [-0.3, -0.25) is 4.79 Å². The SMILES string of the molecule is COc1ccc(CNc2nc3ccc(Br)cc3cc2C=CC(=O)NCC2CCCCC2)cc1. The molecule has 1 aliphatic carbocycles. The molecule has 2 aromatic carbocycles. The minimum Gasteiger partial charge on any atom is -0.497 e. The first-order valence-corrected chi connectivity index (χ1v) is 12.3. The molecule has 0 unspecified atom stereocenters. The second-order valence-corrected chi connectivity index (χ2v) is 9.46. The second kappa shape index (κ2) is 11.3. The Morgan fingerprint density at radius 3 is 2.67 bits per heavy atom. The smallest absolute Gasteiger partial charge is 0.244 e. The predicted octanol–water partition coefficient (Wildman–Crippen LogP) is 6.33. The lowest BCUT2D eigenvalue weighted by molar-refractivity contribution is -0.116. The van der Waals surface area contributed by atoms with Crippen LogP contribution < -0.4 is 15.4 Å². The van der Waals surface area contributed by atoms with Gasteiger partial charge in [-0.25, -0.2) is 4.98 Å². The summed E-state index contributed by atoms with van der Waals surface area (Å²) in [5, 5.41) is 7.52. The summed E-state index contributed by atoms with van der Waals surface area (Å²) in [7, 11) is 1.66. The number of benzene rings is 2. The van der Waals surface area contributed by atoms with Crippen molar-refractivity contribution in [3.05, 3.63) is 70.2 Å². The van der Waals surface area contributed by atoms with Crippen LogP contribution in [-0.4, -0.2) is 24.5 Å². The molecule has 6 heteroatoms. The van der Waals surface area contributed by atoms with Crippen LogP contribution in [0.25, 0.3) is 17.0 Å². The number of pyridine rings is 1. The summed E-state index contributed by atoms with van der Waals surface area (Å²) in [4.78, 5) is 17.3. The second-order valence-electron chi connectivity index (χ2n) is 8.55. The third-order valence-electron chi connectivity index (χ3n) is 6.13. The number of hydrogen-bond donors (Lipinski definition) is 2. The highest BCUT2D eigenvalue weighted by atomic mass is 79.9. The molecule has 1 heterocycles. The van der Waals surface area contributed by atoms with Gasteiger partial charge in [-0.15, -0.1) is 0 Å². The van der Waals surface area contributed by atoms with Crippen LogP contribution in [0, 0.1) is 5.92 Å². The topological polar surface area (TPSA) is 63.2 Å². The van der Waals surface area contributed by atoms with Crippen molar-refractivity contribution in [2.45, 2.75) is 38.6 Å². The molecule has 1 aliphatic rings. The van der Waals surface area contributed by atoms with E-state index in [0.29, 0.717) is 12.5 Å². The standard InChI is InChI=1S/C27H30BrN3O2/c1-33-24-11-7-20(8-12-24)18-30-27-21(15-22-16-23(28)10-13-25(22)31-27)9-14-26(32)29-17-19-5-3-2-4-6-19/h7-16,19H,2-6,17-18H2,1H3,(H,29,32)(H,30,31). The number of hydrogen-bond acceptors (Lipinski definition) is 4. The number of carbonyl (C=O) groups is 1. The summed E-state index contributed by atoms with van der Waals surface area (Å²) in [5.41, 5.74) is 2.89. The zero-order valence-electron chi connectivity index (χ0n) is 18.9. The number of fused-ring (bicyclic) bond motifs is 1. The molecule has 2 N–H and O–H groups in total. The van der Waals surface area contributed by atoms with Crippen LogP contribution >= 0.6 is 15.9 Å². The number of nitrogens with one attached hydrogen (secondary N) is 2. The van der Waals surface area contributed by atoms with E-state index in [-0.39, 0.29) is 5.91 Å². The Morgan fingerprint density at radius 1 is 1.12 bits per heavy atom. The first-order chi connectivity index (χ1) is 16.1. The number of halogens is 1. The van der Waals surface area contributed by atoms with Crippen molar-refractivity contribution >= 4 is 44.6 Å². The number of methoxy groups -OCH3 is 1. The fraction of sp³-hybridized carbons (Fsp3) is 0.333. The number of ether oxygens (including phenoxy) is 1. The molecule has 0 bridgehead atoms. The summed E-state index contributed by atoms with van der Waals surface area (Å²) in [5.74, 6) is 2.13. The van der Waals surface area contributed by atoms with Crippen LogP contribution in [0.5, 0.6) is 5.75 Å². The van der Waals surface area contributed by atoms with Crippen LogP contribution in [0.15, 0.2) is 59.1 Å². The summed E-state index contributed by atoms with van der Waals surface area (Å²) in [6.45, 7) is 1.38. The Labute approximate surface area is 203 Å². The molecule has 1 fully saturated rings. The highest BCUT2D eigenvalue weighted by molar-refractivity contribution is 9.10. The van der Waals surface area contributed by atoms with Crippen molar-refractivity contribution in [1.82, 2.24) is 10.3 Å². The van der Waals surface area contributed by atoms with Crippen molar-refractivity contribution in [3.8, 4) is 5.75 Å². The third kappa shape index (κ3) is 6.57. The fourth-order valence-electron chi connectivity index (χ4n) is 4.22. The molecule has 0 saturated heterocycles. The van der Waals surface area contributed by atoms with E-state index in [2.05, 4.69) is 32.6 Å². The van der Waals surface area contributed by atoms with E-state index in [1.807, 2.05) is 48.5 Å². The van der Waals surface area contributed by atoms with E-state index in [1.54, 1.807) is 13.2 Å². The van der Waals surface area contributed by atoms with E-state index in [9.17, 15) is 4.79 Å². The van der Waals surface area contributed by atoms with E-state index in [0.717, 1.165) is 44.6 Å². The molecular formula is C27H30BrN3O2. The van der Waals surface area contributed by atoms with Crippen LogP contribution in [0.2, 0.25) is 0 Å². The minimum absolute atomic E-state index is 0.0592. The van der Waals surface area contributed by atoms with Gasteiger partial charge in [0.05, 0.1) is 12.6 Å². The summed E-state index contributed by atoms with van der Waals surface area (Å²) < 4.78 is 6.23. The molecule has 1 amide bonds. The van der Waals surface area contributed by atoms with Gasteiger partial charge in [0.1, 0.15) is 11.6 Å². The van der Waals surface area contributed by atoms with Crippen LogP contribution in [0.1, 0.15) is 43.2 Å². The molecule has 5 nitrogen and oxygen atoms in total. The van der Waals surface area contributed by atoms with Gasteiger partial charge < -0.3 is 15.4 Å². The average Bonchev–Trinajstić information content (AvgIpc) is 2.85. The maximum absolute atomic E-state index is 12.5. The normalized spacial score (nSPS) is 14.5. The number of anilines is 1. The third-order valence-corrected chi connectivity index (χ3v) is 6.62. The fourth-order valence-corrected chi connectivity index (χ4v) is 4.60. The van der Waals surface area contributed by atoms with E-state index < -0.39 is 0 Å². The number of carbonyl (C=O) groups excluding carboxylic acids is 1. The van der Waals surface area contributed by atoms with Crippen molar-refractivity contribution in [2.75, 3.05) is 19.0 Å². The van der Waals surface area contributed by atoms with Crippen molar-refractivity contribution < 1.29 is 9.53 Å². The van der Waals surface area contributed by atoms with Crippen molar-refractivity contribution in [3.63, 3.8) is 0 Å². The van der Waals surface area contributed by atoms with Gasteiger partial charge in [0.15, 0.2) is 0 Å². The Kier molecular flexibility index (Phi) is 8.00. The van der Waals surface area contributed by atoms with Gasteiger partial charge in [0.25, 0.3) is 0 Å². The Hall–Kier alpha value is -2.86. The van der Waals surface area contributed by atoms with E-state index in [1.165, 1.54) is 32.1 Å². The monoisotopic (exact) mass is 507 g/mol. The lowest BCUT2D eigenvalue weighted by Crippen LogP contribution is -2.28. The van der Waals surface area contributed by atoms with Gasteiger partial charge in [0, 0.05) is 34.6 Å². The predicted molar refractivity (Wildman–Crippen MR) is 138 cm³/mol. The molecule has 0 radical (unpaired) electrons. The summed E-state index contributed by atoms with van der Waals surface area (Å²) in [6.07, 6.45) is 9.76. The van der Waals surface area contributed by atoms with E-state index >= 15 is 0 Å². The van der Waals surface area contributed by atoms with Crippen LogP contribution in [0.3, 0.4) is 0 Å². The van der Waals surface area contributed by atoms with Crippen molar-refractivity contribution in [1.29, 1.82) is 0 Å². The van der Waals surface area contributed by atoms with Gasteiger partial charge in [0.2, 0.25) is 5.91 Å². The minimum atomic E-state index is -0.0592. The number of amides is 1. The number of nitrogens with zero attached hydrogens (tertiary/aromatic N) is 1. The highest BCUT2D eigenvalue weighted by Crippen LogP contribution is 2.26. The number of rotatable bonds is 8. The maximum atomic E-state index is 12.5. The largest absolute Gasteiger partial charge is 0.497 e. The van der Waals surface area contributed by atoms with E-state index in [4.69, 9.17) is 9.72 Å². The Morgan fingerprint density at radius 2 is 1.91 bits per heavy atom. The molecule has 0 spiro atoms. The van der Waals surface area contributed by atoms with Crippen LogP contribution in [0.4, 0.5) is 5.82 Å². The van der Waals surface area contributed by atoms with Gasteiger partial charge >= 0.3 is 0 Å². The Balaban J connectivity index is 1.49. The zero-order chi connectivity index (χ0) is 23.0. The molecule has 0 atom stereocenters. The zero-order valence-corrected chi connectivity index (χ0v) is 20.5. The highest BCUT2D eigenvalue weighted by Gasteiger charge is 2.13.